The van der Waals surface area contributed by atoms with Crippen LogP contribution in [0.5, 0.6) is 0 Å². The molecule has 1 aliphatic heterocycles. The van der Waals surface area contributed by atoms with Crippen molar-refractivity contribution in [3.05, 3.63) is 23.1 Å². The Kier molecular flexibility index (Phi) is 9.06. The zero-order valence-corrected chi connectivity index (χ0v) is 16.1. The van der Waals surface area contributed by atoms with Gasteiger partial charge in [0.15, 0.2) is 0 Å². The van der Waals surface area contributed by atoms with Crippen molar-refractivity contribution in [3.8, 4) is 0 Å². The fourth-order valence-corrected chi connectivity index (χ4v) is 5.50. The number of fused-ring (bicyclic) bond motifs is 1. The van der Waals surface area contributed by atoms with E-state index in [0.717, 1.165) is 16.7 Å². The maximum absolute atomic E-state index is 11.6. The summed E-state index contributed by atoms with van der Waals surface area (Å²) in [7, 11) is -5.72. The van der Waals surface area contributed by atoms with Gasteiger partial charge in [0, 0.05) is 5.41 Å². The van der Waals surface area contributed by atoms with Gasteiger partial charge in [0.05, 0.1) is 0 Å². The Morgan fingerprint density at radius 1 is 1.37 bits per heavy atom. The van der Waals surface area contributed by atoms with Gasteiger partial charge in [0.2, 0.25) is 19.9 Å². The molecule has 0 aromatic carbocycles. The van der Waals surface area contributed by atoms with E-state index < -0.39 is 19.9 Å². The molecular weight excluding hydrogens is 364 g/mol. The van der Waals surface area contributed by atoms with Gasteiger partial charge >= 0.3 is 29.6 Å². The molecular formula is C8H10Cl2NNaO4S3. The summed E-state index contributed by atoms with van der Waals surface area (Å²) in [5.41, 5.74) is 0.543. The third-order valence-corrected chi connectivity index (χ3v) is 7.29. The van der Waals surface area contributed by atoms with Crippen molar-refractivity contribution in [2.24, 2.45) is 0 Å². The molecule has 2 heterocycles. The second-order valence-electron chi connectivity index (χ2n) is 3.21. The molecule has 1 aliphatic rings. The Morgan fingerprint density at radius 2 is 1.95 bits per heavy atom. The quantitative estimate of drug-likeness (QED) is 0.526. The third kappa shape index (κ3) is 4.42. The van der Waals surface area contributed by atoms with Gasteiger partial charge in [0.1, 0.15) is 8.42 Å². The Balaban J connectivity index is 0. The molecule has 0 amide bonds. The smallest absolute Gasteiger partial charge is 1.00 e. The molecule has 0 bridgehead atoms. The van der Waals surface area contributed by atoms with Crippen molar-refractivity contribution in [1.29, 1.82) is 0 Å². The van der Waals surface area contributed by atoms with Crippen molar-refractivity contribution in [2.75, 3.05) is 7.05 Å². The number of nitrogens with one attached hydrogen (secondary N) is 1. The first kappa shape index (κ1) is 22.2. The van der Waals surface area contributed by atoms with Gasteiger partial charge in [-0.1, -0.05) is 6.08 Å². The van der Waals surface area contributed by atoms with E-state index in [2.05, 4.69) is 4.72 Å². The summed E-state index contributed by atoms with van der Waals surface area (Å²) in [6, 6.07) is 1.41. The predicted molar refractivity (Wildman–Crippen MR) is 67.8 cm³/mol. The van der Waals surface area contributed by atoms with Crippen molar-refractivity contribution in [2.45, 2.75) is 14.8 Å². The summed E-state index contributed by atoms with van der Waals surface area (Å²) in [4.78, 5) is 0. The summed E-state index contributed by atoms with van der Waals surface area (Å²) in [5.74, 6) is 0. The van der Waals surface area contributed by atoms with E-state index in [1.807, 2.05) is 0 Å². The third-order valence-electron chi connectivity index (χ3n) is 2.15. The van der Waals surface area contributed by atoms with E-state index in [4.69, 9.17) is 0 Å². The molecule has 0 aliphatic carbocycles. The maximum Gasteiger partial charge on any atom is 1.00 e. The Morgan fingerprint density at radius 3 is 2.42 bits per heavy atom. The minimum atomic E-state index is -3.57. The van der Waals surface area contributed by atoms with Crippen LogP contribution in [-0.2, 0) is 26.3 Å². The molecule has 0 spiro atoms. The second kappa shape index (κ2) is 7.77. The van der Waals surface area contributed by atoms with E-state index in [1.165, 1.54) is 19.2 Å². The van der Waals surface area contributed by atoms with Gasteiger partial charge < -0.3 is 12.4 Å². The number of sulfonamides is 1. The molecule has 11 heteroatoms. The largest absolute Gasteiger partial charge is 1.00 e. The standard InChI is InChI=1S/C8H9NO4S3.2ClH.Na/c1-9-16(12,13)7-5-6-3-2-4-15(10,11)8(6)14-7;;;/h2,4-5,9H,3H2,1H3;2*1H;/q;;;+1/p-1. The minimum absolute atomic E-state index is 0. The fraction of sp³-hybridized carbons (Fsp3) is 0.250. The molecule has 2 rings (SSSR count). The van der Waals surface area contributed by atoms with Crippen LogP contribution in [0.25, 0.3) is 0 Å². The second-order valence-corrected chi connectivity index (χ2v) is 8.40. The zero-order valence-electron chi connectivity index (χ0n) is 10.1. The fourth-order valence-electron chi connectivity index (χ4n) is 1.37. The topological polar surface area (TPSA) is 80.3 Å². The number of rotatable bonds is 2. The molecule has 1 aromatic heterocycles. The van der Waals surface area contributed by atoms with Crippen LogP contribution >= 0.6 is 23.7 Å². The summed E-state index contributed by atoms with van der Waals surface area (Å²) in [6.07, 6.45) is 1.96. The summed E-state index contributed by atoms with van der Waals surface area (Å²) < 4.78 is 48.6. The Labute approximate surface area is 150 Å². The van der Waals surface area contributed by atoms with Crippen LogP contribution in [0.15, 0.2) is 26.0 Å². The average molecular weight is 374 g/mol. The first-order chi connectivity index (χ1) is 7.37. The molecule has 0 saturated heterocycles. The van der Waals surface area contributed by atoms with Gasteiger partial charge in [-0.3, -0.25) is 0 Å². The number of sulfone groups is 1. The normalized spacial score (nSPS) is 15.4. The molecule has 104 valence electrons. The van der Waals surface area contributed by atoms with Gasteiger partial charge in [-0.2, -0.15) is 0 Å². The number of halogens is 2. The van der Waals surface area contributed by atoms with Gasteiger partial charge in [-0.15, -0.1) is 23.7 Å². The Hall–Kier alpha value is 0.880. The van der Waals surface area contributed by atoms with Crippen LogP contribution < -0.4 is 46.7 Å². The zero-order chi connectivity index (χ0) is 12.0. The van der Waals surface area contributed by atoms with Crippen LogP contribution in [0.2, 0.25) is 0 Å². The van der Waals surface area contributed by atoms with Crippen molar-refractivity contribution >= 4 is 43.6 Å². The van der Waals surface area contributed by atoms with Crippen LogP contribution in [0.3, 0.4) is 0 Å². The summed E-state index contributed by atoms with van der Waals surface area (Å²) in [6.45, 7) is 0. The Bertz CT molecular complexity index is 666. The summed E-state index contributed by atoms with van der Waals surface area (Å²) in [5, 5.41) is 1.11. The van der Waals surface area contributed by atoms with Crippen LogP contribution in [0, 0.1) is 0 Å². The van der Waals surface area contributed by atoms with Crippen LogP contribution in [0.1, 0.15) is 5.56 Å². The minimum Gasteiger partial charge on any atom is -1.00 e. The monoisotopic (exact) mass is 373 g/mol. The molecule has 0 atom stereocenters. The molecule has 0 unspecified atom stereocenters. The number of hydrogen-bond donors (Lipinski definition) is 1. The molecule has 1 aromatic rings. The van der Waals surface area contributed by atoms with Gasteiger partial charge in [0.25, 0.3) is 0 Å². The molecule has 19 heavy (non-hydrogen) atoms. The van der Waals surface area contributed by atoms with Crippen molar-refractivity contribution in [1.82, 2.24) is 4.72 Å². The van der Waals surface area contributed by atoms with E-state index in [0.29, 0.717) is 12.0 Å². The van der Waals surface area contributed by atoms with Gasteiger partial charge in [-0.25, -0.2) is 21.6 Å². The maximum atomic E-state index is 11.6. The van der Waals surface area contributed by atoms with Crippen molar-refractivity contribution < 1.29 is 58.8 Å². The van der Waals surface area contributed by atoms with Crippen LogP contribution in [-0.4, -0.2) is 23.9 Å². The van der Waals surface area contributed by atoms with E-state index in [9.17, 15) is 16.8 Å². The number of hydrogen-bond acceptors (Lipinski definition) is 5. The van der Waals surface area contributed by atoms with E-state index >= 15 is 0 Å². The van der Waals surface area contributed by atoms with E-state index in [1.54, 1.807) is 0 Å². The molecule has 0 fully saturated rings. The number of thiophene rings is 1. The van der Waals surface area contributed by atoms with Crippen LogP contribution in [0.4, 0.5) is 0 Å². The molecule has 0 radical (unpaired) electrons. The first-order valence-corrected chi connectivity index (χ1v) is 8.19. The SMILES string of the molecule is CNS(=O)(=O)c1cc2c(s1)S(=O)(=O)C=CC2.Cl.[Cl-].[Na+]. The van der Waals surface area contributed by atoms with Gasteiger partial charge in [-0.05, 0) is 25.1 Å². The first-order valence-electron chi connectivity index (χ1n) is 4.35. The summed E-state index contributed by atoms with van der Waals surface area (Å²) >= 11 is 0.784. The predicted octanol–water partition coefficient (Wildman–Crippen LogP) is -5.07. The molecule has 0 saturated carbocycles. The number of allylic oxidation sites excluding steroid dienone is 1. The molecule has 1 N–H and O–H groups in total. The van der Waals surface area contributed by atoms with E-state index in [-0.39, 0.29) is 62.8 Å². The average Bonchev–Trinajstić information content (AvgIpc) is 2.63. The molecule has 5 nitrogen and oxygen atoms in total. The van der Waals surface area contributed by atoms with Crippen molar-refractivity contribution in [3.63, 3.8) is 0 Å².